The van der Waals surface area contributed by atoms with Crippen LogP contribution in [-0.4, -0.2) is 23.8 Å². The van der Waals surface area contributed by atoms with Gasteiger partial charge in [0.25, 0.3) is 0 Å². The first-order valence-electron chi connectivity index (χ1n) is 8.18. The van der Waals surface area contributed by atoms with Crippen LogP contribution >= 0.6 is 0 Å². The summed E-state index contributed by atoms with van der Waals surface area (Å²) in [6, 6.07) is 10.3. The SMILES string of the molecule is COc1ccc(NC(=O)N2C=CC(=O)C[C@H]2c2ccc(F)cc2)c(C)c1. The van der Waals surface area contributed by atoms with Crippen LogP contribution in [0.25, 0.3) is 0 Å². The van der Waals surface area contributed by atoms with Gasteiger partial charge in [-0.25, -0.2) is 9.18 Å². The van der Waals surface area contributed by atoms with Gasteiger partial charge in [-0.05, 0) is 54.5 Å². The first-order chi connectivity index (χ1) is 12.5. The summed E-state index contributed by atoms with van der Waals surface area (Å²) in [5.41, 5.74) is 2.21. The minimum absolute atomic E-state index is 0.0796. The molecule has 1 N–H and O–H groups in total. The molecule has 2 aromatic carbocycles. The van der Waals surface area contributed by atoms with Crippen LogP contribution in [0.1, 0.15) is 23.6 Å². The Morgan fingerprint density at radius 2 is 1.96 bits per heavy atom. The largest absolute Gasteiger partial charge is 0.497 e. The number of amides is 2. The standard InChI is InChI=1S/C20H19FN2O3/c1-13-11-17(26-2)7-8-18(13)22-20(25)23-10-9-16(24)12-19(23)14-3-5-15(21)6-4-14/h3-11,19H,12H2,1-2H3,(H,22,25)/t19-/m0/s1. The Bertz CT molecular complexity index is 862. The molecule has 0 saturated carbocycles. The third kappa shape index (κ3) is 3.74. The molecule has 6 heteroatoms. The molecule has 3 rings (SSSR count). The molecule has 5 nitrogen and oxygen atoms in total. The highest BCUT2D eigenvalue weighted by Crippen LogP contribution is 2.30. The zero-order valence-corrected chi connectivity index (χ0v) is 14.5. The van der Waals surface area contributed by atoms with Crippen LogP contribution in [0.15, 0.2) is 54.7 Å². The number of halogens is 1. The van der Waals surface area contributed by atoms with Gasteiger partial charge in [0.15, 0.2) is 5.78 Å². The number of nitrogens with zero attached hydrogens (tertiary/aromatic N) is 1. The Hall–Kier alpha value is -3.15. The third-order valence-electron chi connectivity index (χ3n) is 4.32. The quantitative estimate of drug-likeness (QED) is 0.898. The van der Waals surface area contributed by atoms with Crippen LogP contribution in [0.3, 0.4) is 0 Å². The Balaban J connectivity index is 1.84. The van der Waals surface area contributed by atoms with Gasteiger partial charge in [-0.15, -0.1) is 0 Å². The van der Waals surface area contributed by atoms with Crippen molar-refractivity contribution in [2.45, 2.75) is 19.4 Å². The van der Waals surface area contributed by atoms with Crippen molar-refractivity contribution in [2.75, 3.05) is 12.4 Å². The predicted octanol–water partition coefficient (Wildman–Crippen LogP) is 4.20. The molecule has 134 valence electrons. The number of carbonyl (C=O) groups is 2. The number of hydrogen-bond donors (Lipinski definition) is 1. The number of anilines is 1. The molecule has 1 heterocycles. The number of nitrogens with one attached hydrogen (secondary N) is 1. The molecule has 1 atom stereocenters. The number of ketones is 1. The van der Waals surface area contributed by atoms with Crippen LogP contribution in [0.4, 0.5) is 14.9 Å². The van der Waals surface area contributed by atoms with E-state index in [0.29, 0.717) is 17.0 Å². The van der Waals surface area contributed by atoms with Gasteiger partial charge in [-0.1, -0.05) is 12.1 Å². The Morgan fingerprint density at radius 3 is 2.62 bits per heavy atom. The van der Waals surface area contributed by atoms with E-state index in [1.807, 2.05) is 13.0 Å². The molecular weight excluding hydrogens is 335 g/mol. The number of benzene rings is 2. The van der Waals surface area contributed by atoms with E-state index in [0.717, 1.165) is 5.56 Å². The summed E-state index contributed by atoms with van der Waals surface area (Å²) in [6.07, 6.45) is 2.99. The monoisotopic (exact) mass is 354 g/mol. The Morgan fingerprint density at radius 1 is 1.23 bits per heavy atom. The second-order valence-electron chi connectivity index (χ2n) is 6.07. The van der Waals surface area contributed by atoms with Gasteiger partial charge in [-0.2, -0.15) is 0 Å². The van der Waals surface area contributed by atoms with Gasteiger partial charge in [0.1, 0.15) is 11.6 Å². The topological polar surface area (TPSA) is 58.6 Å². The molecular formula is C20H19FN2O3. The second-order valence-corrected chi connectivity index (χ2v) is 6.07. The maximum atomic E-state index is 13.2. The minimum Gasteiger partial charge on any atom is -0.497 e. The number of allylic oxidation sites excluding steroid dienone is 1. The number of aryl methyl sites for hydroxylation is 1. The van der Waals surface area contributed by atoms with E-state index in [1.165, 1.54) is 29.3 Å². The summed E-state index contributed by atoms with van der Waals surface area (Å²) < 4.78 is 18.4. The maximum Gasteiger partial charge on any atom is 0.326 e. The lowest BCUT2D eigenvalue weighted by molar-refractivity contribution is -0.116. The first kappa shape index (κ1) is 17.7. The predicted molar refractivity (Wildman–Crippen MR) is 96.5 cm³/mol. The number of ether oxygens (including phenoxy) is 1. The number of urea groups is 1. The van der Waals surface area contributed by atoms with Crippen LogP contribution in [0, 0.1) is 12.7 Å². The summed E-state index contributed by atoms with van der Waals surface area (Å²) in [6.45, 7) is 1.87. The molecule has 2 amide bonds. The van der Waals surface area contributed by atoms with Crippen molar-refractivity contribution in [3.05, 3.63) is 71.7 Å². The fourth-order valence-electron chi connectivity index (χ4n) is 2.88. The molecule has 0 fully saturated rings. The number of carbonyl (C=O) groups excluding carboxylic acids is 2. The van der Waals surface area contributed by atoms with Gasteiger partial charge < -0.3 is 10.1 Å². The van der Waals surface area contributed by atoms with Crippen LogP contribution in [0.5, 0.6) is 5.75 Å². The fourth-order valence-corrected chi connectivity index (χ4v) is 2.88. The van der Waals surface area contributed by atoms with Gasteiger partial charge in [-0.3, -0.25) is 9.69 Å². The van der Waals surface area contributed by atoms with E-state index in [2.05, 4.69) is 5.32 Å². The summed E-state index contributed by atoms with van der Waals surface area (Å²) >= 11 is 0. The Kier molecular flexibility index (Phi) is 5.02. The number of methoxy groups -OCH3 is 1. The lowest BCUT2D eigenvalue weighted by atomic mass is 9.97. The van der Waals surface area contributed by atoms with E-state index in [4.69, 9.17) is 4.74 Å². The molecule has 0 saturated heterocycles. The molecule has 0 aromatic heterocycles. The van der Waals surface area contributed by atoms with Crippen LogP contribution < -0.4 is 10.1 Å². The molecule has 1 aliphatic heterocycles. The second kappa shape index (κ2) is 7.39. The molecule has 0 spiro atoms. The zero-order valence-electron chi connectivity index (χ0n) is 14.5. The minimum atomic E-state index is -0.480. The smallest absolute Gasteiger partial charge is 0.326 e. The van der Waals surface area contributed by atoms with Gasteiger partial charge in [0, 0.05) is 18.3 Å². The van der Waals surface area contributed by atoms with Crippen molar-refractivity contribution in [1.82, 2.24) is 4.90 Å². The van der Waals surface area contributed by atoms with E-state index in [9.17, 15) is 14.0 Å². The van der Waals surface area contributed by atoms with Crippen molar-refractivity contribution in [2.24, 2.45) is 0 Å². The molecule has 1 aliphatic rings. The normalized spacial score (nSPS) is 16.5. The van der Waals surface area contributed by atoms with Gasteiger partial charge >= 0.3 is 6.03 Å². The summed E-state index contributed by atoms with van der Waals surface area (Å²) in [5, 5.41) is 2.85. The van der Waals surface area contributed by atoms with Gasteiger partial charge in [0.2, 0.25) is 0 Å². The molecule has 0 aliphatic carbocycles. The van der Waals surface area contributed by atoms with Crippen LogP contribution in [-0.2, 0) is 4.79 Å². The van der Waals surface area contributed by atoms with Crippen molar-refractivity contribution in [1.29, 1.82) is 0 Å². The molecule has 0 bridgehead atoms. The van der Waals surface area contributed by atoms with E-state index < -0.39 is 6.04 Å². The van der Waals surface area contributed by atoms with Crippen molar-refractivity contribution in [3.8, 4) is 5.75 Å². The van der Waals surface area contributed by atoms with Crippen molar-refractivity contribution >= 4 is 17.5 Å². The lowest BCUT2D eigenvalue weighted by Gasteiger charge is -2.31. The average molecular weight is 354 g/mol. The molecule has 0 radical (unpaired) electrons. The van der Waals surface area contributed by atoms with Gasteiger partial charge in [0.05, 0.1) is 13.2 Å². The highest BCUT2D eigenvalue weighted by molar-refractivity contribution is 5.96. The Labute approximate surface area is 151 Å². The molecule has 2 aromatic rings. The van der Waals surface area contributed by atoms with Crippen molar-refractivity contribution in [3.63, 3.8) is 0 Å². The first-order valence-corrected chi connectivity index (χ1v) is 8.18. The maximum absolute atomic E-state index is 13.2. The number of hydrogen-bond acceptors (Lipinski definition) is 3. The molecule has 0 unspecified atom stereocenters. The third-order valence-corrected chi connectivity index (χ3v) is 4.32. The highest BCUT2D eigenvalue weighted by Gasteiger charge is 2.29. The highest BCUT2D eigenvalue weighted by atomic mass is 19.1. The van der Waals surface area contributed by atoms with Crippen LogP contribution in [0.2, 0.25) is 0 Å². The summed E-state index contributed by atoms with van der Waals surface area (Å²) in [5.74, 6) is 0.258. The van der Waals surface area contributed by atoms with E-state index >= 15 is 0 Å². The average Bonchev–Trinajstić information content (AvgIpc) is 2.63. The molecule has 26 heavy (non-hydrogen) atoms. The van der Waals surface area contributed by atoms with E-state index in [-0.39, 0.29) is 24.1 Å². The van der Waals surface area contributed by atoms with E-state index in [1.54, 1.807) is 31.4 Å². The summed E-state index contributed by atoms with van der Waals surface area (Å²) in [4.78, 5) is 26.1. The van der Waals surface area contributed by atoms with Crippen molar-refractivity contribution < 1.29 is 18.7 Å². The number of rotatable bonds is 3. The summed E-state index contributed by atoms with van der Waals surface area (Å²) in [7, 11) is 1.58. The fraction of sp³-hybridized carbons (Fsp3) is 0.200. The zero-order chi connectivity index (χ0) is 18.7. The lowest BCUT2D eigenvalue weighted by Crippen LogP contribution is -2.37.